The molecule has 0 saturated carbocycles. The molecule has 4 heteroatoms. The smallest absolute Gasteiger partial charge is 0.159 e. The molecule has 0 unspecified atom stereocenters. The number of unbranched alkanes of at least 4 members (excludes halogenated alkanes) is 4. The number of aromatic amines is 1. The second-order valence-electron chi connectivity index (χ2n) is 9.50. The summed E-state index contributed by atoms with van der Waals surface area (Å²) in [5.41, 5.74) is 5.34. The summed E-state index contributed by atoms with van der Waals surface area (Å²) >= 11 is 0. The van der Waals surface area contributed by atoms with E-state index in [0.29, 0.717) is 11.1 Å². The lowest BCUT2D eigenvalue weighted by molar-refractivity contribution is 0.509. The Morgan fingerprint density at radius 1 is 0.622 bits per heavy atom. The molecule has 0 atom stereocenters. The van der Waals surface area contributed by atoms with Crippen molar-refractivity contribution in [1.29, 1.82) is 0 Å². The Hall–Kier alpha value is -3.97. The maximum Gasteiger partial charge on any atom is 0.159 e. The second kappa shape index (κ2) is 11.0. The van der Waals surface area contributed by atoms with Crippen molar-refractivity contribution in [1.82, 2.24) is 4.98 Å². The third-order valence-corrected chi connectivity index (χ3v) is 6.80. The lowest BCUT2D eigenvalue weighted by Gasteiger charge is -2.04. The topological polar surface area (TPSA) is 15.8 Å². The van der Waals surface area contributed by atoms with Gasteiger partial charge in [-0.3, -0.25) is 0 Å². The number of hydrogen-bond acceptors (Lipinski definition) is 0. The molecule has 0 spiro atoms. The highest BCUT2D eigenvalue weighted by atomic mass is 19.2. The van der Waals surface area contributed by atoms with Crippen LogP contribution in [0, 0.1) is 29.3 Å². The first kappa shape index (κ1) is 24.7. The average Bonchev–Trinajstić information content (AvgIpc) is 3.26. The van der Waals surface area contributed by atoms with Gasteiger partial charge in [0.15, 0.2) is 11.6 Å². The molecule has 0 fully saturated rings. The molecule has 37 heavy (non-hydrogen) atoms. The minimum absolute atomic E-state index is 0.242. The van der Waals surface area contributed by atoms with Gasteiger partial charge < -0.3 is 4.98 Å². The molecule has 0 aliphatic rings. The van der Waals surface area contributed by atoms with Gasteiger partial charge in [-0.15, -0.1) is 0 Å². The van der Waals surface area contributed by atoms with E-state index in [0.717, 1.165) is 40.5 Å². The molecule has 5 aromatic rings. The zero-order valence-corrected chi connectivity index (χ0v) is 20.8. The molecular formula is C33H28F3N. The van der Waals surface area contributed by atoms with Crippen LogP contribution in [0.4, 0.5) is 13.2 Å². The number of H-pyrrole nitrogens is 1. The largest absolute Gasteiger partial charge is 0.354 e. The van der Waals surface area contributed by atoms with Crippen molar-refractivity contribution in [2.24, 2.45) is 0 Å². The molecule has 1 nitrogen and oxygen atoms in total. The Morgan fingerprint density at radius 3 is 2.08 bits per heavy atom. The SMILES string of the molecule is CCCCCCCc1ccc2c(c1)[nH]c1cc(C#Cc3ccc(-c4ccc(F)c(F)c4)cc3F)ccc12. The van der Waals surface area contributed by atoms with E-state index in [4.69, 9.17) is 0 Å². The van der Waals surface area contributed by atoms with Crippen LogP contribution in [0.2, 0.25) is 0 Å². The average molecular weight is 496 g/mol. The number of fused-ring (bicyclic) bond motifs is 3. The summed E-state index contributed by atoms with van der Waals surface area (Å²) in [6.07, 6.45) is 7.44. The van der Waals surface area contributed by atoms with E-state index in [9.17, 15) is 13.2 Å². The van der Waals surface area contributed by atoms with Crippen molar-refractivity contribution in [3.05, 3.63) is 107 Å². The van der Waals surface area contributed by atoms with E-state index in [-0.39, 0.29) is 5.56 Å². The fourth-order valence-corrected chi connectivity index (χ4v) is 4.73. The van der Waals surface area contributed by atoms with Crippen molar-refractivity contribution in [3.8, 4) is 23.0 Å². The Labute approximate surface area is 215 Å². The van der Waals surface area contributed by atoms with Gasteiger partial charge in [-0.25, -0.2) is 13.2 Å². The first-order chi connectivity index (χ1) is 18.0. The fraction of sp³-hybridized carbons (Fsp3) is 0.212. The van der Waals surface area contributed by atoms with E-state index < -0.39 is 17.5 Å². The molecular weight excluding hydrogens is 467 g/mol. The van der Waals surface area contributed by atoms with Crippen LogP contribution in [0.15, 0.2) is 72.8 Å². The quantitative estimate of drug-likeness (QED) is 0.171. The second-order valence-corrected chi connectivity index (χ2v) is 9.50. The summed E-state index contributed by atoms with van der Waals surface area (Å²) in [5, 5.41) is 2.32. The normalized spacial score (nSPS) is 11.1. The minimum atomic E-state index is -0.965. The molecule has 0 aliphatic carbocycles. The molecule has 5 rings (SSSR count). The van der Waals surface area contributed by atoms with Crippen molar-refractivity contribution in [2.75, 3.05) is 0 Å². The van der Waals surface area contributed by atoms with Gasteiger partial charge in [0.05, 0.1) is 5.56 Å². The predicted molar refractivity (Wildman–Crippen MR) is 146 cm³/mol. The van der Waals surface area contributed by atoms with Crippen LogP contribution < -0.4 is 0 Å². The van der Waals surface area contributed by atoms with Gasteiger partial charge in [0.2, 0.25) is 0 Å². The summed E-state index contributed by atoms with van der Waals surface area (Å²) in [6, 6.07) is 20.6. The summed E-state index contributed by atoms with van der Waals surface area (Å²) in [7, 11) is 0. The molecule has 1 N–H and O–H groups in total. The van der Waals surface area contributed by atoms with E-state index in [1.165, 1.54) is 55.2 Å². The van der Waals surface area contributed by atoms with E-state index in [1.54, 1.807) is 12.1 Å². The minimum Gasteiger partial charge on any atom is -0.354 e. The standard InChI is InChI=1S/C33H28F3N/c1-2-3-4-5-6-7-22-9-15-27-28-16-10-23(19-33(28)37-32(27)18-22)8-11-24-12-13-25(20-30(24)35)26-14-17-29(34)31(36)21-26/h9-10,12-21,37H,2-7H2,1H3. The number of aromatic nitrogens is 1. The zero-order valence-electron chi connectivity index (χ0n) is 20.8. The number of nitrogens with one attached hydrogen (secondary N) is 1. The highest BCUT2D eigenvalue weighted by Gasteiger charge is 2.08. The number of rotatable bonds is 7. The summed E-state index contributed by atoms with van der Waals surface area (Å²) in [4.78, 5) is 3.51. The summed E-state index contributed by atoms with van der Waals surface area (Å²) < 4.78 is 41.5. The molecule has 0 radical (unpaired) electrons. The van der Waals surface area contributed by atoms with Crippen LogP contribution in [0.5, 0.6) is 0 Å². The van der Waals surface area contributed by atoms with Crippen LogP contribution >= 0.6 is 0 Å². The predicted octanol–water partition coefficient (Wildman–Crippen LogP) is 9.32. The van der Waals surface area contributed by atoms with Crippen LogP contribution in [-0.2, 0) is 6.42 Å². The Kier molecular flexibility index (Phi) is 7.32. The van der Waals surface area contributed by atoms with Crippen molar-refractivity contribution < 1.29 is 13.2 Å². The molecule has 1 aromatic heterocycles. The van der Waals surface area contributed by atoms with Crippen LogP contribution in [0.3, 0.4) is 0 Å². The Balaban J connectivity index is 1.35. The van der Waals surface area contributed by atoms with Gasteiger partial charge in [-0.1, -0.05) is 74.8 Å². The van der Waals surface area contributed by atoms with Crippen molar-refractivity contribution in [3.63, 3.8) is 0 Å². The van der Waals surface area contributed by atoms with Crippen molar-refractivity contribution in [2.45, 2.75) is 45.4 Å². The third-order valence-electron chi connectivity index (χ3n) is 6.80. The van der Waals surface area contributed by atoms with Crippen LogP contribution in [0.1, 0.15) is 55.7 Å². The lowest BCUT2D eigenvalue weighted by atomic mass is 10.0. The monoisotopic (exact) mass is 495 g/mol. The molecule has 0 bridgehead atoms. The molecule has 4 aromatic carbocycles. The van der Waals surface area contributed by atoms with Gasteiger partial charge in [-0.2, -0.15) is 0 Å². The highest BCUT2D eigenvalue weighted by molar-refractivity contribution is 6.07. The summed E-state index contributed by atoms with van der Waals surface area (Å²) in [5.74, 6) is 3.54. The number of aryl methyl sites for hydroxylation is 1. The lowest BCUT2D eigenvalue weighted by Crippen LogP contribution is -1.89. The summed E-state index contributed by atoms with van der Waals surface area (Å²) in [6.45, 7) is 2.23. The molecule has 0 amide bonds. The number of hydrogen-bond donors (Lipinski definition) is 1. The molecule has 186 valence electrons. The van der Waals surface area contributed by atoms with Gasteiger partial charge in [0, 0.05) is 27.4 Å². The first-order valence-corrected chi connectivity index (χ1v) is 12.8. The number of benzene rings is 4. The molecule has 0 aliphatic heterocycles. The molecule has 0 saturated heterocycles. The van der Waals surface area contributed by atoms with Crippen molar-refractivity contribution >= 4 is 21.8 Å². The van der Waals surface area contributed by atoms with Gasteiger partial charge in [0.25, 0.3) is 0 Å². The first-order valence-electron chi connectivity index (χ1n) is 12.8. The Bertz CT molecular complexity index is 1630. The van der Waals surface area contributed by atoms with Gasteiger partial charge in [0.1, 0.15) is 5.82 Å². The molecule has 1 heterocycles. The van der Waals surface area contributed by atoms with E-state index in [2.05, 4.69) is 41.9 Å². The van der Waals surface area contributed by atoms with Gasteiger partial charge in [-0.05, 0) is 72.0 Å². The fourth-order valence-electron chi connectivity index (χ4n) is 4.73. The van der Waals surface area contributed by atoms with Gasteiger partial charge >= 0.3 is 0 Å². The highest BCUT2D eigenvalue weighted by Crippen LogP contribution is 2.28. The van der Waals surface area contributed by atoms with Crippen LogP contribution in [-0.4, -0.2) is 4.98 Å². The maximum atomic E-state index is 14.7. The van der Waals surface area contributed by atoms with Crippen LogP contribution in [0.25, 0.3) is 32.9 Å². The maximum absolute atomic E-state index is 14.7. The number of halogens is 3. The Morgan fingerprint density at radius 2 is 1.32 bits per heavy atom. The van der Waals surface area contributed by atoms with E-state index >= 15 is 0 Å². The van der Waals surface area contributed by atoms with E-state index in [1.807, 2.05) is 18.2 Å². The zero-order chi connectivity index (χ0) is 25.8. The third kappa shape index (κ3) is 5.57.